The van der Waals surface area contributed by atoms with Gasteiger partial charge in [-0.1, -0.05) is 13.8 Å². The molecule has 1 aliphatic carbocycles. The summed E-state index contributed by atoms with van der Waals surface area (Å²) in [7, 11) is -3.61. The molecule has 7 nitrogen and oxygen atoms in total. The highest BCUT2D eigenvalue weighted by molar-refractivity contribution is 7.89. The number of carbonyl (C=O) groups is 2. The van der Waals surface area contributed by atoms with Crippen molar-refractivity contribution < 1.29 is 23.1 Å². The summed E-state index contributed by atoms with van der Waals surface area (Å²) in [6.45, 7) is 3.28. The number of carboxylic acid groups (broad SMARTS) is 1. The molecule has 1 saturated carbocycles. The van der Waals surface area contributed by atoms with Gasteiger partial charge in [-0.3, -0.25) is 9.59 Å². The Kier molecular flexibility index (Phi) is 3.49. The maximum absolute atomic E-state index is 11.6. The number of carbonyl (C=O) groups excluding carboxylic acids is 1. The number of carboxylic acids is 1. The van der Waals surface area contributed by atoms with Crippen molar-refractivity contribution in [2.24, 2.45) is 22.4 Å². The van der Waals surface area contributed by atoms with Crippen LogP contribution in [0.3, 0.4) is 0 Å². The van der Waals surface area contributed by atoms with Crippen molar-refractivity contribution in [3.05, 3.63) is 0 Å². The molecule has 0 radical (unpaired) electrons. The number of hydrogen-bond acceptors (Lipinski definition) is 4. The van der Waals surface area contributed by atoms with Crippen LogP contribution in [0.2, 0.25) is 0 Å². The predicted octanol–water partition coefficient (Wildman–Crippen LogP) is -1.25. The highest BCUT2D eigenvalue weighted by Crippen LogP contribution is 2.58. The van der Waals surface area contributed by atoms with Gasteiger partial charge in [0.2, 0.25) is 15.9 Å². The van der Waals surface area contributed by atoms with E-state index in [9.17, 15) is 18.0 Å². The van der Waals surface area contributed by atoms with E-state index in [2.05, 4.69) is 5.32 Å². The number of nitrogens with one attached hydrogen (secondary N) is 1. The van der Waals surface area contributed by atoms with Gasteiger partial charge in [0.05, 0.1) is 17.6 Å². The van der Waals surface area contributed by atoms with Gasteiger partial charge in [0.25, 0.3) is 0 Å². The molecule has 0 heterocycles. The Labute approximate surface area is 99.4 Å². The first kappa shape index (κ1) is 13.9. The van der Waals surface area contributed by atoms with E-state index in [1.807, 2.05) is 0 Å². The van der Waals surface area contributed by atoms with Crippen LogP contribution >= 0.6 is 0 Å². The highest BCUT2D eigenvalue weighted by Gasteiger charge is 2.65. The van der Waals surface area contributed by atoms with Crippen molar-refractivity contribution in [1.82, 2.24) is 5.32 Å². The normalized spacial score (nSPS) is 26.3. The lowest BCUT2D eigenvalue weighted by Gasteiger charge is -2.04. The summed E-state index contributed by atoms with van der Waals surface area (Å²) in [5, 5.41) is 16.0. The lowest BCUT2D eigenvalue weighted by molar-refractivity contribution is -0.140. The molecule has 98 valence electrons. The van der Waals surface area contributed by atoms with Crippen LogP contribution in [-0.4, -0.2) is 37.7 Å². The smallest absolute Gasteiger partial charge is 0.307 e. The maximum atomic E-state index is 11.6. The fraction of sp³-hybridized carbons (Fsp3) is 0.778. The zero-order valence-corrected chi connectivity index (χ0v) is 10.5. The largest absolute Gasteiger partial charge is 0.481 e. The summed E-state index contributed by atoms with van der Waals surface area (Å²) in [5.74, 6) is -3.13. The Morgan fingerprint density at radius 1 is 1.35 bits per heavy atom. The van der Waals surface area contributed by atoms with Gasteiger partial charge in [-0.05, 0) is 5.41 Å². The number of aliphatic carboxylic acids is 1. The minimum Gasteiger partial charge on any atom is -0.481 e. The number of rotatable bonds is 5. The fourth-order valence-electron chi connectivity index (χ4n) is 2.01. The minimum atomic E-state index is -3.61. The standard InChI is InChI=1S/C9H16N2O5S/c1-9(2)5(6(9)8(13)14)7(12)11-3-4-17(10,15)16/h5-6H,3-4H2,1-2H3,(H,11,12)(H,13,14)(H2,10,15,16)/t5-,6+/m1/s1. The quantitative estimate of drug-likeness (QED) is 0.571. The van der Waals surface area contributed by atoms with Gasteiger partial charge < -0.3 is 10.4 Å². The van der Waals surface area contributed by atoms with Gasteiger partial charge in [0.15, 0.2) is 0 Å². The first-order chi connectivity index (χ1) is 7.57. The molecule has 0 aliphatic heterocycles. The molecule has 8 heteroatoms. The third-order valence-electron chi connectivity index (χ3n) is 3.06. The van der Waals surface area contributed by atoms with E-state index >= 15 is 0 Å². The van der Waals surface area contributed by atoms with Gasteiger partial charge in [-0.15, -0.1) is 0 Å². The summed E-state index contributed by atoms with van der Waals surface area (Å²) < 4.78 is 21.3. The van der Waals surface area contributed by atoms with Gasteiger partial charge in [-0.2, -0.15) is 0 Å². The zero-order valence-electron chi connectivity index (χ0n) is 9.63. The number of primary sulfonamides is 1. The molecule has 0 aromatic rings. The van der Waals surface area contributed by atoms with Crippen molar-refractivity contribution in [1.29, 1.82) is 0 Å². The molecule has 0 saturated heterocycles. The van der Waals surface area contributed by atoms with Gasteiger partial charge in [-0.25, -0.2) is 13.6 Å². The molecule has 0 aromatic heterocycles. The molecule has 1 aliphatic rings. The number of sulfonamides is 1. The topological polar surface area (TPSA) is 127 Å². The molecule has 1 fully saturated rings. The maximum Gasteiger partial charge on any atom is 0.307 e. The van der Waals surface area contributed by atoms with Crippen LogP contribution < -0.4 is 10.5 Å². The average Bonchev–Trinajstić information content (AvgIpc) is 2.66. The molecule has 1 amide bonds. The summed E-state index contributed by atoms with van der Waals surface area (Å²) in [4.78, 5) is 22.4. The summed E-state index contributed by atoms with van der Waals surface area (Å²) in [6.07, 6.45) is 0. The van der Waals surface area contributed by atoms with E-state index in [1.165, 1.54) is 0 Å². The van der Waals surface area contributed by atoms with Crippen LogP contribution in [-0.2, 0) is 19.6 Å². The summed E-state index contributed by atoms with van der Waals surface area (Å²) in [5.41, 5.74) is -0.586. The molecule has 2 atom stereocenters. The monoisotopic (exact) mass is 264 g/mol. The lowest BCUT2D eigenvalue weighted by Crippen LogP contribution is -2.33. The lowest BCUT2D eigenvalue weighted by atomic mass is 10.1. The third-order valence-corrected chi connectivity index (χ3v) is 3.83. The van der Waals surface area contributed by atoms with Crippen molar-refractivity contribution >= 4 is 21.9 Å². The SMILES string of the molecule is CC1(C)[C@H](C(=O)O)[C@@H]1C(=O)NCCS(N)(=O)=O. The molecule has 1 rings (SSSR count). The second-order valence-corrected chi connectivity index (χ2v) is 6.51. The van der Waals surface area contributed by atoms with E-state index in [0.29, 0.717) is 0 Å². The van der Waals surface area contributed by atoms with Gasteiger partial charge in [0, 0.05) is 6.54 Å². The molecule has 0 unspecified atom stereocenters. The first-order valence-corrected chi connectivity index (χ1v) is 6.80. The summed E-state index contributed by atoms with van der Waals surface area (Å²) >= 11 is 0. The van der Waals surface area contributed by atoms with E-state index in [1.54, 1.807) is 13.8 Å². The molecular formula is C9H16N2O5S. The van der Waals surface area contributed by atoms with Crippen LogP contribution in [0, 0.1) is 17.3 Å². The Bertz CT molecular complexity index is 442. The molecule has 0 spiro atoms. The predicted molar refractivity (Wildman–Crippen MR) is 59.4 cm³/mol. The van der Waals surface area contributed by atoms with Crippen LogP contribution in [0.4, 0.5) is 0 Å². The van der Waals surface area contributed by atoms with Crippen molar-refractivity contribution in [3.8, 4) is 0 Å². The molecule has 0 bridgehead atoms. The van der Waals surface area contributed by atoms with Crippen molar-refractivity contribution in [2.75, 3.05) is 12.3 Å². The van der Waals surface area contributed by atoms with Crippen molar-refractivity contribution in [3.63, 3.8) is 0 Å². The first-order valence-electron chi connectivity index (χ1n) is 5.08. The fourth-order valence-corrected chi connectivity index (χ4v) is 2.40. The molecule has 4 N–H and O–H groups in total. The van der Waals surface area contributed by atoms with Crippen molar-refractivity contribution in [2.45, 2.75) is 13.8 Å². The summed E-state index contributed by atoms with van der Waals surface area (Å²) in [6, 6.07) is 0. The van der Waals surface area contributed by atoms with E-state index in [-0.39, 0.29) is 12.3 Å². The Balaban J connectivity index is 2.49. The van der Waals surface area contributed by atoms with Gasteiger partial charge >= 0.3 is 5.97 Å². The molecule has 17 heavy (non-hydrogen) atoms. The van der Waals surface area contributed by atoms with Crippen LogP contribution in [0.1, 0.15) is 13.8 Å². The van der Waals surface area contributed by atoms with E-state index in [4.69, 9.17) is 10.2 Å². The second-order valence-electron chi connectivity index (χ2n) is 4.77. The van der Waals surface area contributed by atoms with Gasteiger partial charge in [0.1, 0.15) is 0 Å². The Morgan fingerprint density at radius 2 is 1.88 bits per heavy atom. The number of amides is 1. The molecular weight excluding hydrogens is 248 g/mol. The number of hydrogen-bond donors (Lipinski definition) is 3. The third kappa shape index (κ3) is 3.16. The minimum absolute atomic E-state index is 0.101. The molecule has 0 aromatic carbocycles. The van der Waals surface area contributed by atoms with E-state index in [0.717, 1.165) is 0 Å². The van der Waals surface area contributed by atoms with Crippen LogP contribution in [0.15, 0.2) is 0 Å². The number of nitrogens with two attached hydrogens (primary N) is 1. The van der Waals surface area contributed by atoms with Crippen LogP contribution in [0.5, 0.6) is 0 Å². The van der Waals surface area contributed by atoms with E-state index < -0.39 is 39.2 Å². The Hall–Kier alpha value is -1.15. The Morgan fingerprint density at radius 3 is 2.24 bits per heavy atom. The average molecular weight is 264 g/mol. The zero-order chi connectivity index (χ0) is 13.4. The second kappa shape index (κ2) is 4.26. The van der Waals surface area contributed by atoms with Crippen LogP contribution in [0.25, 0.3) is 0 Å². The highest BCUT2D eigenvalue weighted by atomic mass is 32.2.